The highest BCUT2D eigenvalue weighted by Gasteiger charge is 2.53. The Morgan fingerprint density at radius 2 is 1.97 bits per heavy atom. The van der Waals surface area contributed by atoms with Crippen molar-refractivity contribution in [2.45, 2.75) is 52.0 Å². The van der Waals surface area contributed by atoms with Crippen LogP contribution >= 0.6 is 0 Å². The maximum Gasteiger partial charge on any atom is 0.249 e. The number of hydrogen-bond acceptors (Lipinski definition) is 5. The van der Waals surface area contributed by atoms with Crippen LogP contribution in [0.3, 0.4) is 0 Å². The molecule has 8 nitrogen and oxygen atoms in total. The summed E-state index contributed by atoms with van der Waals surface area (Å²) in [7, 11) is 1.47. The first-order valence-corrected chi connectivity index (χ1v) is 11.4. The number of amides is 3. The molecule has 0 saturated carbocycles. The number of methoxy groups -OCH3 is 1. The normalized spacial score (nSPS) is 21.3. The molecule has 0 aromatic heterocycles. The third-order valence-electron chi connectivity index (χ3n) is 6.67. The number of rotatable bonds is 5. The molecule has 0 bridgehead atoms. The first-order valence-electron chi connectivity index (χ1n) is 11.4. The van der Waals surface area contributed by atoms with Gasteiger partial charge in [-0.05, 0) is 54.5 Å². The number of ether oxygens (including phenoxy) is 1. The van der Waals surface area contributed by atoms with Crippen molar-refractivity contribution in [2.24, 2.45) is 11.1 Å². The highest BCUT2D eigenvalue weighted by Crippen LogP contribution is 2.44. The van der Waals surface area contributed by atoms with E-state index < -0.39 is 17.4 Å². The van der Waals surface area contributed by atoms with Gasteiger partial charge < -0.3 is 26.4 Å². The molecule has 4 rings (SSSR count). The van der Waals surface area contributed by atoms with Crippen LogP contribution < -0.4 is 26.4 Å². The van der Waals surface area contributed by atoms with E-state index in [0.29, 0.717) is 35.5 Å². The Hall–Kier alpha value is -3.39. The summed E-state index contributed by atoms with van der Waals surface area (Å²) in [5.41, 5.74) is 9.01. The van der Waals surface area contributed by atoms with Crippen LogP contribution in [0.5, 0.6) is 5.75 Å². The number of carbonyl (C=O) groups is 3. The van der Waals surface area contributed by atoms with Crippen LogP contribution in [-0.2, 0) is 21.4 Å². The van der Waals surface area contributed by atoms with Crippen molar-refractivity contribution in [1.29, 1.82) is 0 Å². The molecule has 2 atom stereocenters. The van der Waals surface area contributed by atoms with E-state index >= 15 is 0 Å². The zero-order valence-electron chi connectivity index (χ0n) is 20.3. The number of nitrogens with one attached hydrogen (secondary N) is 3. The van der Waals surface area contributed by atoms with Gasteiger partial charge in [-0.1, -0.05) is 32.9 Å². The molecule has 2 aliphatic rings. The Morgan fingerprint density at radius 3 is 2.62 bits per heavy atom. The minimum Gasteiger partial charge on any atom is -0.494 e. The Bertz CT molecular complexity index is 1180. The summed E-state index contributed by atoms with van der Waals surface area (Å²) >= 11 is 0. The number of nitrogens with two attached hydrogens (primary N) is 1. The predicted octanol–water partition coefficient (Wildman–Crippen LogP) is 2.88. The predicted molar refractivity (Wildman–Crippen MR) is 131 cm³/mol. The van der Waals surface area contributed by atoms with Crippen molar-refractivity contribution in [1.82, 2.24) is 5.32 Å². The van der Waals surface area contributed by atoms with Gasteiger partial charge in [0.2, 0.25) is 17.7 Å². The highest BCUT2D eigenvalue weighted by atomic mass is 16.5. The molecule has 2 aromatic carbocycles. The number of hydrogen-bond donors (Lipinski definition) is 4. The molecule has 3 amide bonds. The first-order chi connectivity index (χ1) is 15.9. The lowest BCUT2D eigenvalue weighted by molar-refractivity contribution is -0.120. The van der Waals surface area contributed by atoms with Crippen LogP contribution in [0.1, 0.15) is 54.2 Å². The fourth-order valence-electron chi connectivity index (χ4n) is 5.08. The largest absolute Gasteiger partial charge is 0.494 e. The van der Waals surface area contributed by atoms with Crippen LogP contribution in [0.4, 0.5) is 11.4 Å². The van der Waals surface area contributed by atoms with E-state index in [-0.39, 0.29) is 17.2 Å². The minimum absolute atomic E-state index is 0.0857. The van der Waals surface area contributed by atoms with Crippen LogP contribution in [0.25, 0.3) is 0 Å². The van der Waals surface area contributed by atoms with Crippen molar-refractivity contribution in [3.05, 3.63) is 52.6 Å². The summed E-state index contributed by atoms with van der Waals surface area (Å²) in [5.74, 6) is -0.538. The van der Waals surface area contributed by atoms with Crippen molar-refractivity contribution in [2.75, 3.05) is 24.3 Å². The Labute approximate surface area is 199 Å². The van der Waals surface area contributed by atoms with Crippen LogP contribution in [0.2, 0.25) is 0 Å². The average molecular weight is 465 g/mol. The van der Waals surface area contributed by atoms with Crippen molar-refractivity contribution >= 4 is 29.1 Å². The second-order valence-electron chi connectivity index (χ2n) is 10.5. The average Bonchev–Trinajstić information content (AvgIpc) is 3.30. The number of fused-ring (bicyclic) bond motifs is 2. The minimum atomic E-state index is -0.791. The number of primary amides is 1. The molecular weight excluding hydrogens is 432 g/mol. The van der Waals surface area contributed by atoms with Gasteiger partial charge in [-0.3, -0.25) is 14.4 Å². The summed E-state index contributed by atoms with van der Waals surface area (Å²) in [6.45, 7) is 8.64. The standard InChI is InChI=1S/C26H32N4O4/c1-14-16(22(27)31)7-9-19(21(14)34-5)29-23(32)20-12-26(13-28-20)17-10-15(11-25(2,3)4)6-8-18(17)30-24(26)33/h6-10,20,28H,11-13H2,1-5H3,(H2,27,31)(H,29,32)(H,30,33). The van der Waals surface area contributed by atoms with E-state index in [1.54, 1.807) is 19.1 Å². The van der Waals surface area contributed by atoms with Gasteiger partial charge in [0.25, 0.3) is 0 Å². The molecule has 5 N–H and O–H groups in total. The van der Waals surface area contributed by atoms with Crippen LogP contribution in [0.15, 0.2) is 30.3 Å². The Balaban J connectivity index is 1.57. The van der Waals surface area contributed by atoms with E-state index in [4.69, 9.17) is 10.5 Å². The van der Waals surface area contributed by atoms with Gasteiger partial charge in [-0.15, -0.1) is 0 Å². The van der Waals surface area contributed by atoms with Gasteiger partial charge in [-0.2, -0.15) is 0 Å². The second-order valence-corrected chi connectivity index (χ2v) is 10.5. The summed E-state index contributed by atoms with van der Waals surface area (Å²) in [4.78, 5) is 37.9. The van der Waals surface area contributed by atoms with Gasteiger partial charge in [0.1, 0.15) is 5.75 Å². The molecule has 8 heteroatoms. The fourth-order valence-corrected chi connectivity index (χ4v) is 5.08. The van der Waals surface area contributed by atoms with E-state index in [0.717, 1.165) is 17.7 Å². The second kappa shape index (κ2) is 8.43. The SMILES string of the molecule is COc1c(NC(=O)C2CC3(CN2)C(=O)Nc2ccc(CC(C)(C)C)cc23)ccc(C(N)=O)c1C. The zero-order chi connectivity index (χ0) is 24.8. The van der Waals surface area contributed by atoms with E-state index in [9.17, 15) is 14.4 Å². The molecule has 2 aliphatic heterocycles. The smallest absolute Gasteiger partial charge is 0.249 e. The lowest BCUT2D eigenvalue weighted by Gasteiger charge is -2.23. The highest BCUT2D eigenvalue weighted by molar-refractivity contribution is 6.08. The quantitative estimate of drug-likeness (QED) is 0.542. The van der Waals surface area contributed by atoms with E-state index in [1.807, 2.05) is 6.07 Å². The van der Waals surface area contributed by atoms with Gasteiger partial charge in [0.05, 0.1) is 24.3 Å². The van der Waals surface area contributed by atoms with E-state index in [1.165, 1.54) is 12.7 Å². The number of benzene rings is 2. The Morgan fingerprint density at radius 1 is 1.24 bits per heavy atom. The molecular formula is C26H32N4O4. The summed E-state index contributed by atoms with van der Waals surface area (Å²) in [6, 6.07) is 8.73. The number of carbonyl (C=O) groups excluding carboxylic acids is 3. The van der Waals surface area contributed by atoms with Crippen LogP contribution in [0, 0.1) is 12.3 Å². The third-order valence-corrected chi connectivity index (χ3v) is 6.67. The van der Waals surface area contributed by atoms with Gasteiger partial charge in [0.15, 0.2) is 0 Å². The van der Waals surface area contributed by atoms with Crippen molar-refractivity contribution < 1.29 is 19.1 Å². The molecule has 180 valence electrons. The maximum absolute atomic E-state index is 13.2. The topological polar surface area (TPSA) is 123 Å². The zero-order valence-corrected chi connectivity index (χ0v) is 20.3. The summed E-state index contributed by atoms with van der Waals surface area (Å²) in [5, 5.41) is 9.13. The fraction of sp³-hybridized carbons (Fsp3) is 0.423. The molecule has 1 spiro atoms. The van der Waals surface area contributed by atoms with Gasteiger partial charge >= 0.3 is 0 Å². The molecule has 2 heterocycles. The van der Waals surface area contributed by atoms with Gasteiger partial charge in [-0.25, -0.2) is 0 Å². The molecule has 0 aliphatic carbocycles. The van der Waals surface area contributed by atoms with Crippen molar-refractivity contribution in [3.8, 4) is 5.75 Å². The van der Waals surface area contributed by atoms with E-state index in [2.05, 4.69) is 48.9 Å². The first kappa shape index (κ1) is 23.8. The molecule has 2 aromatic rings. The van der Waals surface area contributed by atoms with Crippen molar-refractivity contribution in [3.63, 3.8) is 0 Å². The summed E-state index contributed by atoms with van der Waals surface area (Å²) in [6.07, 6.45) is 1.24. The molecule has 0 radical (unpaired) electrons. The monoisotopic (exact) mass is 464 g/mol. The lowest BCUT2D eigenvalue weighted by Crippen LogP contribution is -2.36. The third kappa shape index (κ3) is 4.14. The van der Waals surface area contributed by atoms with Gasteiger partial charge in [0, 0.05) is 23.4 Å². The van der Waals surface area contributed by atoms with Crippen LogP contribution in [-0.4, -0.2) is 37.4 Å². The Kier molecular flexibility index (Phi) is 5.89. The molecule has 1 saturated heterocycles. The molecule has 2 unspecified atom stereocenters. The maximum atomic E-state index is 13.2. The molecule has 1 fully saturated rings. The number of anilines is 2. The lowest BCUT2D eigenvalue weighted by atomic mass is 9.78. The molecule has 34 heavy (non-hydrogen) atoms. The summed E-state index contributed by atoms with van der Waals surface area (Å²) < 4.78 is 5.43.